The van der Waals surface area contributed by atoms with Crippen molar-refractivity contribution in [1.29, 1.82) is 0 Å². The molecule has 1 aromatic rings. The van der Waals surface area contributed by atoms with E-state index in [0.717, 1.165) is 31.7 Å². The second-order valence-corrected chi connectivity index (χ2v) is 5.66. The third kappa shape index (κ3) is 2.83. The minimum absolute atomic E-state index is 0.0167. The minimum Gasteiger partial charge on any atom is -0.377 e. The smallest absolute Gasteiger partial charge is 0.227 e. The third-order valence-corrected chi connectivity index (χ3v) is 4.20. The van der Waals surface area contributed by atoms with E-state index < -0.39 is 0 Å². The number of carbonyl (C=O) groups excluding carboxylic acids is 1. The Bertz CT molecular complexity index is 465. The minimum atomic E-state index is 0.0167. The molecule has 5 nitrogen and oxygen atoms in total. The number of rotatable bonds is 3. The van der Waals surface area contributed by atoms with Crippen LogP contribution < -0.4 is 5.32 Å². The number of fused-ring (bicyclic) bond motifs is 1. The average Bonchev–Trinajstić information content (AvgIpc) is 2.94. The molecule has 1 aromatic heterocycles. The van der Waals surface area contributed by atoms with Crippen LogP contribution in [0.3, 0.4) is 0 Å². The fourth-order valence-corrected chi connectivity index (χ4v) is 3.08. The molecule has 0 aliphatic carbocycles. The summed E-state index contributed by atoms with van der Waals surface area (Å²) >= 11 is 0. The number of carbonyl (C=O) groups is 1. The average molecular weight is 275 g/mol. The number of hydrogen-bond donors (Lipinski definition) is 1. The van der Waals surface area contributed by atoms with E-state index in [4.69, 9.17) is 4.74 Å². The molecule has 5 heteroatoms. The van der Waals surface area contributed by atoms with Crippen molar-refractivity contribution in [2.45, 2.75) is 31.5 Å². The lowest BCUT2D eigenvalue weighted by Crippen LogP contribution is -2.50. The molecule has 3 atom stereocenters. The zero-order valence-electron chi connectivity index (χ0n) is 11.8. The Morgan fingerprint density at radius 2 is 2.45 bits per heavy atom. The van der Waals surface area contributed by atoms with E-state index in [0.29, 0.717) is 12.6 Å². The predicted molar refractivity (Wildman–Crippen MR) is 75.0 cm³/mol. The Morgan fingerprint density at radius 1 is 1.55 bits per heavy atom. The van der Waals surface area contributed by atoms with Crippen LogP contribution in [-0.4, -0.2) is 48.1 Å². The van der Waals surface area contributed by atoms with Crippen LogP contribution in [0.5, 0.6) is 0 Å². The molecule has 0 unspecified atom stereocenters. The summed E-state index contributed by atoms with van der Waals surface area (Å²) in [6.45, 7) is 2.13. The zero-order valence-corrected chi connectivity index (χ0v) is 11.8. The Morgan fingerprint density at radius 3 is 3.25 bits per heavy atom. The molecule has 0 bridgehead atoms. The van der Waals surface area contributed by atoms with Gasteiger partial charge in [-0.2, -0.15) is 0 Å². The Balaban J connectivity index is 1.58. The highest BCUT2D eigenvalue weighted by Crippen LogP contribution is 2.26. The molecule has 2 aliphatic heterocycles. The van der Waals surface area contributed by atoms with Crippen molar-refractivity contribution in [2.75, 3.05) is 20.2 Å². The van der Waals surface area contributed by atoms with Gasteiger partial charge < -0.3 is 15.0 Å². The standard InChI is InChI=1S/C15H21N3O2/c1-18(10-12-4-2-3-6-16-12)15(19)11-8-14-13(17-9-11)5-7-20-14/h2-4,6,11,13-14,17H,5,7-10H2,1H3/t11-,13+,14+/m0/s1. The summed E-state index contributed by atoms with van der Waals surface area (Å²) in [7, 11) is 1.85. The summed E-state index contributed by atoms with van der Waals surface area (Å²) < 4.78 is 5.69. The van der Waals surface area contributed by atoms with E-state index in [-0.39, 0.29) is 17.9 Å². The van der Waals surface area contributed by atoms with Crippen LogP contribution in [0, 0.1) is 5.92 Å². The molecule has 3 rings (SSSR count). The molecule has 20 heavy (non-hydrogen) atoms. The monoisotopic (exact) mass is 275 g/mol. The fraction of sp³-hybridized carbons (Fsp3) is 0.600. The Labute approximate surface area is 119 Å². The van der Waals surface area contributed by atoms with Gasteiger partial charge >= 0.3 is 0 Å². The molecular weight excluding hydrogens is 254 g/mol. The van der Waals surface area contributed by atoms with Crippen LogP contribution in [0.15, 0.2) is 24.4 Å². The summed E-state index contributed by atoms with van der Waals surface area (Å²) in [4.78, 5) is 18.5. The summed E-state index contributed by atoms with van der Waals surface area (Å²) in [6, 6.07) is 6.22. The van der Waals surface area contributed by atoms with E-state index in [2.05, 4.69) is 10.3 Å². The number of pyridine rings is 1. The number of piperidine rings is 1. The number of ether oxygens (including phenoxy) is 1. The van der Waals surface area contributed by atoms with Crippen LogP contribution >= 0.6 is 0 Å². The number of amides is 1. The van der Waals surface area contributed by atoms with Crippen molar-refractivity contribution in [1.82, 2.24) is 15.2 Å². The van der Waals surface area contributed by atoms with Gasteiger partial charge in [0.05, 0.1) is 24.3 Å². The van der Waals surface area contributed by atoms with Gasteiger partial charge in [-0.3, -0.25) is 9.78 Å². The summed E-state index contributed by atoms with van der Waals surface area (Å²) in [5.41, 5.74) is 0.919. The lowest BCUT2D eigenvalue weighted by atomic mass is 9.91. The highest BCUT2D eigenvalue weighted by atomic mass is 16.5. The highest BCUT2D eigenvalue weighted by Gasteiger charge is 2.38. The first-order chi connectivity index (χ1) is 9.74. The van der Waals surface area contributed by atoms with Crippen molar-refractivity contribution in [3.05, 3.63) is 30.1 Å². The van der Waals surface area contributed by atoms with Crippen LogP contribution in [0.4, 0.5) is 0 Å². The number of hydrogen-bond acceptors (Lipinski definition) is 4. The van der Waals surface area contributed by atoms with Gasteiger partial charge in [0, 0.05) is 32.4 Å². The van der Waals surface area contributed by atoms with Gasteiger partial charge in [0.2, 0.25) is 5.91 Å². The van der Waals surface area contributed by atoms with Gasteiger partial charge in [0.25, 0.3) is 0 Å². The molecule has 0 aromatic carbocycles. The number of nitrogens with one attached hydrogen (secondary N) is 1. The van der Waals surface area contributed by atoms with Crippen LogP contribution in [0.2, 0.25) is 0 Å². The van der Waals surface area contributed by atoms with E-state index >= 15 is 0 Å². The van der Waals surface area contributed by atoms with Gasteiger partial charge in [-0.05, 0) is 25.0 Å². The first-order valence-electron chi connectivity index (χ1n) is 7.24. The SMILES string of the molecule is CN(Cc1ccccn1)C(=O)[C@@H]1CN[C@@H]2CCO[C@@H]2C1. The zero-order chi connectivity index (χ0) is 13.9. The largest absolute Gasteiger partial charge is 0.377 e. The third-order valence-electron chi connectivity index (χ3n) is 4.20. The first-order valence-corrected chi connectivity index (χ1v) is 7.24. The van der Waals surface area contributed by atoms with Crippen molar-refractivity contribution in [3.8, 4) is 0 Å². The maximum atomic E-state index is 12.5. The second-order valence-electron chi connectivity index (χ2n) is 5.66. The molecule has 0 saturated carbocycles. The predicted octanol–water partition coefficient (Wildman–Crippen LogP) is 0.807. The summed E-state index contributed by atoms with van der Waals surface area (Å²) in [6.07, 6.45) is 3.87. The van der Waals surface area contributed by atoms with Crippen molar-refractivity contribution in [3.63, 3.8) is 0 Å². The number of nitrogens with zero attached hydrogens (tertiary/aromatic N) is 2. The van der Waals surface area contributed by atoms with Gasteiger partial charge in [-0.25, -0.2) is 0 Å². The van der Waals surface area contributed by atoms with Crippen LogP contribution in [0.1, 0.15) is 18.5 Å². The molecular formula is C15H21N3O2. The van der Waals surface area contributed by atoms with Crippen molar-refractivity contribution >= 4 is 5.91 Å². The van der Waals surface area contributed by atoms with Gasteiger partial charge in [0.1, 0.15) is 0 Å². The molecule has 2 aliphatic rings. The Hall–Kier alpha value is -1.46. The first kappa shape index (κ1) is 13.5. The topological polar surface area (TPSA) is 54.5 Å². The Kier molecular flexibility index (Phi) is 3.98. The molecule has 108 valence electrons. The highest BCUT2D eigenvalue weighted by molar-refractivity contribution is 5.79. The maximum Gasteiger partial charge on any atom is 0.227 e. The van der Waals surface area contributed by atoms with Crippen LogP contribution in [0.25, 0.3) is 0 Å². The molecule has 2 fully saturated rings. The molecule has 2 saturated heterocycles. The van der Waals surface area contributed by atoms with E-state index in [1.54, 1.807) is 11.1 Å². The van der Waals surface area contributed by atoms with Gasteiger partial charge in [0.15, 0.2) is 0 Å². The normalized spacial score (nSPS) is 28.9. The lowest BCUT2D eigenvalue weighted by molar-refractivity contribution is -0.136. The molecule has 0 radical (unpaired) electrons. The van der Waals surface area contributed by atoms with Crippen molar-refractivity contribution < 1.29 is 9.53 Å². The quantitative estimate of drug-likeness (QED) is 0.887. The molecule has 1 N–H and O–H groups in total. The second kappa shape index (κ2) is 5.89. The lowest BCUT2D eigenvalue weighted by Gasteiger charge is -2.33. The molecule has 1 amide bonds. The van der Waals surface area contributed by atoms with Gasteiger partial charge in [-0.15, -0.1) is 0 Å². The van der Waals surface area contributed by atoms with Crippen molar-refractivity contribution in [2.24, 2.45) is 5.92 Å². The summed E-state index contributed by atoms with van der Waals surface area (Å²) in [5, 5.41) is 3.44. The number of aromatic nitrogens is 1. The van der Waals surface area contributed by atoms with Gasteiger partial charge in [-0.1, -0.05) is 6.07 Å². The van der Waals surface area contributed by atoms with E-state index in [1.165, 1.54) is 0 Å². The maximum absolute atomic E-state index is 12.5. The van der Waals surface area contributed by atoms with Crippen LogP contribution in [-0.2, 0) is 16.1 Å². The summed E-state index contributed by atoms with van der Waals surface area (Å²) in [5.74, 6) is 0.195. The van der Waals surface area contributed by atoms with E-state index in [1.807, 2.05) is 25.2 Å². The molecule has 0 spiro atoms. The van der Waals surface area contributed by atoms with E-state index in [9.17, 15) is 4.79 Å². The fourth-order valence-electron chi connectivity index (χ4n) is 3.08. The molecule has 3 heterocycles.